The second kappa shape index (κ2) is 9.60. The number of rotatable bonds is 7. The van der Waals surface area contributed by atoms with Gasteiger partial charge in [-0.15, -0.1) is 0 Å². The third kappa shape index (κ3) is 5.75. The molecule has 0 aromatic heterocycles. The van der Waals surface area contributed by atoms with Crippen molar-refractivity contribution in [3.63, 3.8) is 0 Å². The summed E-state index contributed by atoms with van der Waals surface area (Å²) in [5, 5.41) is 7.55. The predicted molar refractivity (Wildman–Crippen MR) is 108 cm³/mol. The van der Waals surface area contributed by atoms with Crippen molar-refractivity contribution in [1.29, 1.82) is 0 Å². The van der Waals surface area contributed by atoms with Crippen molar-refractivity contribution in [2.24, 2.45) is 5.10 Å². The van der Waals surface area contributed by atoms with E-state index in [9.17, 15) is 0 Å². The van der Waals surface area contributed by atoms with Crippen molar-refractivity contribution >= 4 is 17.8 Å². The molecule has 4 nitrogen and oxygen atoms in total. The average molecular weight is 372 g/mol. The summed E-state index contributed by atoms with van der Waals surface area (Å²) in [5.41, 5.74) is 2.40. The molecular weight excluding hydrogens is 346 g/mol. The Morgan fingerprint density at radius 3 is 2.35 bits per heavy atom. The number of halogens is 1. The number of ether oxygens (including phenoxy) is 1. The van der Waals surface area contributed by atoms with Crippen LogP contribution in [0.1, 0.15) is 24.5 Å². The summed E-state index contributed by atoms with van der Waals surface area (Å²) >= 11 is 5.95. The molecule has 0 unspecified atom stereocenters. The van der Waals surface area contributed by atoms with Gasteiger partial charge in [0.1, 0.15) is 5.75 Å². The summed E-state index contributed by atoms with van der Waals surface area (Å²) < 4.78 is 5.60. The topological polar surface area (TPSA) is 28.1 Å². The third-order valence-corrected chi connectivity index (χ3v) is 4.64. The van der Waals surface area contributed by atoms with Gasteiger partial charge in [0.05, 0.1) is 12.8 Å². The summed E-state index contributed by atoms with van der Waals surface area (Å²) in [6.45, 7) is 7.76. The van der Waals surface area contributed by atoms with Gasteiger partial charge in [0.25, 0.3) is 0 Å². The van der Waals surface area contributed by atoms with E-state index in [1.807, 2.05) is 42.6 Å². The Kier molecular flexibility index (Phi) is 6.92. The van der Waals surface area contributed by atoms with E-state index in [1.165, 1.54) is 5.56 Å². The van der Waals surface area contributed by atoms with Gasteiger partial charge < -0.3 is 4.74 Å². The average Bonchev–Trinajstić information content (AvgIpc) is 2.68. The van der Waals surface area contributed by atoms with Crippen LogP contribution in [0.5, 0.6) is 5.75 Å². The van der Waals surface area contributed by atoms with E-state index >= 15 is 0 Å². The van der Waals surface area contributed by atoms with Crippen LogP contribution in [-0.2, 0) is 6.54 Å². The van der Waals surface area contributed by atoms with Crippen molar-refractivity contribution in [2.45, 2.75) is 19.9 Å². The molecule has 1 fully saturated rings. The maximum Gasteiger partial charge on any atom is 0.119 e. The first-order chi connectivity index (χ1) is 12.7. The van der Waals surface area contributed by atoms with Gasteiger partial charge in [-0.2, -0.15) is 5.10 Å². The molecule has 5 heteroatoms. The lowest BCUT2D eigenvalue weighted by atomic mass is 10.2. The number of hydrazone groups is 1. The molecule has 0 atom stereocenters. The Morgan fingerprint density at radius 1 is 1.00 bits per heavy atom. The first-order valence-electron chi connectivity index (χ1n) is 9.21. The van der Waals surface area contributed by atoms with Crippen LogP contribution in [0.15, 0.2) is 53.6 Å². The van der Waals surface area contributed by atoms with E-state index < -0.39 is 0 Å². The minimum atomic E-state index is 0.758. The van der Waals surface area contributed by atoms with Gasteiger partial charge in [0.15, 0.2) is 0 Å². The summed E-state index contributed by atoms with van der Waals surface area (Å²) in [6, 6.07) is 16.2. The highest BCUT2D eigenvalue weighted by atomic mass is 35.5. The summed E-state index contributed by atoms with van der Waals surface area (Å²) in [7, 11) is 0. The molecule has 0 saturated carbocycles. The van der Waals surface area contributed by atoms with Gasteiger partial charge in [-0.1, -0.05) is 30.7 Å². The first kappa shape index (κ1) is 18.7. The Morgan fingerprint density at radius 2 is 1.69 bits per heavy atom. The van der Waals surface area contributed by atoms with E-state index in [-0.39, 0.29) is 0 Å². The molecule has 0 amide bonds. The van der Waals surface area contributed by atoms with Crippen molar-refractivity contribution in [3.8, 4) is 5.75 Å². The lowest BCUT2D eigenvalue weighted by Gasteiger charge is -2.33. The summed E-state index contributed by atoms with van der Waals surface area (Å²) in [5.74, 6) is 0.916. The Labute approximate surface area is 161 Å². The van der Waals surface area contributed by atoms with Gasteiger partial charge in [-0.3, -0.25) is 9.91 Å². The molecule has 138 valence electrons. The van der Waals surface area contributed by atoms with Gasteiger partial charge >= 0.3 is 0 Å². The highest BCUT2D eigenvalue weighted by Crippen LogP contribution is 2.14. The van der Waals surface area contributed by atoms with E-state index in [4.69, 9.17) is 16.3 Å². The molecule has 1 aliphatic rings. The highest BCUT2D eigenvalue weighted by molar-refractivity contribution is 6.30. The van der Waals surface area contributed by atoms with Crippen LogP contribution < -0.4 is 4.74 Å². The molecule has 0 bridgehead atoms. The summed E-state index contributed by atoms with van der Waals surface area (Å²) in [6.07, 6.45) is 2.95. The number of hydrogen-bond acceptors (Lipinski definition) is 4. The molecule has 2 aromatic rings. The van der Waals surface area contributed by atoms with Crippen LogP contribution in [0.2, 0.25) is 5.02 Å². The predicted octanol–water partition coefficient (Wildman–Crippen LogP) is 4.28. The molecule has 1 aliphatic heterocycles. The largest absolute Gasteiger partial charge is 0.494 e. The molecule has 0 radical (unpaired) electrons. The van der Waals surface area contributed by atoms with Crippen LogP contribution in [0.25, 0.3) is 0 Å². The van der Waals surface area contributed by atoms with Crippen LogP contribution in [-0.4, -0.2) is 48.9 Å². The van der Waals surface area contributed by atoms with Crippen LogP contribution in [0, 0.1) is 0 Å². The first-order valence-corrected chi connectivity index (χ1v) is 9.59. The van der Waals surface area contributed by atoms with Crippen LogP contribution in [0.3, 0.4) is 0 Å². The van der Waals surface area contributed by atoms with E-state index in [0.717, 1.165) is 62.1 Å². The molecule has 3 rings (SSSR count). The zero-order valence-corrected chi connectivity index (χ0v) is 16.0. The zero-order chi connectivity index (χ0) is 18.2. The van der Waals surface area contributed by atoms with E-state index in [1.54, 1.807) is 0 Å². The lowest BCUT2D eigenvalue weighted by molar-refractivity contribution is 0.131. The molecular formula is C21H26ClN3O. The maximum atomic E-state index is 5.95. The van der Waals surface area contributed by atoms with Gasteiger partial charge in [0.2, 0.25) is 0 Å². The molecule has 1 heterocycles. The fourth-order valence-electron chi connectivity index (χ4n) is 2.88. The van der Waals surface area contributed by atoms with Crippen molar-refractivity contribution < 1.29 is 4.74 Å². The second-order valence-corrected chi connectivity index (χ2v) is 6.95. The van der Waals surface area contributed by atoms with Gasteiger partial charge in [0, 0.05) is 37.7 Å². The lowest BCUT2D eigenvalue weighted by Crippen LogP contribution is -2.43. The van der Waals surface area contributed by atoms with Crippen molar-refractivity contribution in [1.82, 2.24) is 9.91 Å². The Bertz CT molecular complexity index is 692. The molecule has 2 aromatic carbocycles. The minimum absolute atomic E-state index is 0.758. The van der Waals surface area contributed by atoms with E-state index in [0.29, 0.717) is 0 Å². The molecule has 1 saturated heterocycles. The molecule has 0 N–H and O–H groups in total. The van der Waals surface area contributed by atoms with E-state index in [2.05, 4.69) is 34.1 Å². The molecule has 0 aliphatic carbocycles. The smallest absolute Gasteiger partial charge is 0.119 e. The fraction of sp³-hybridized carbons (Fsp3) is 0.381. The molecule has 26 heavy (non-hydrogen) atoms. The summed E-state index contributed by atoms with van der Waals surface area (Å²) in [4.78, 5) is 2.45. The standard InChI is InChI=1S/C21H26ClN3O/c1-2-15-26-21-9-5-18(6-10-21)16-23-25-13-11-24(12-14-25)17-19-3-7-20(22)8-4-19/h3-10,16H,2,11-15,17H2,1H3. The number of piperazine rings is 1. The van der Waals surface area contributed by atoms with Crippen LogP contribution in [0.4, 0.5) is 0 Å². The second-order valence-electron chi connectivity index (χ2n) is 6.52. The number of nitrogens with zero attached hydrogens (tertiary/aromatic N) is 3. The maximum absolute atomic E-state index is 5.95. The molecule has 0 spiro atoms. The quantitative estimate of drug-likeness (QED) is 0.680. The zero-order valence-electron chi connectivity index (χ0n) is 15.3. The Balaban J connectivity index is 1.44. The van der Waals surface area contributed by atoms with Gasteiger partial charge in [-0.05, 0) is 53.9 Å². The SMILES string of the molecule is CCCOc1ccc(C=NN2CCN(Cc3ccc(Cl)cc3)CC2)cc1. The minimum Gasteiger partial charge on any atom is -0.494 e. The normalized spacial score (nSPS) is 15.5. The highest BCUT2D eigenvalue weighted by Gasteiger charge is 2.15. The van der Waals surface area contributed by atoms with Gasteiger partial charge in [-0.25, -0.2) is 0 Å². The number of benzene rings is 2. The fourth-order valence-corrected chi connectivity index (χ4v) is 3.00. The third-order valence-electron chi connectivity index (χ3n) is 4.39. The Hall–Kier alpha value is -2.04. The monoisotopic (exact) mass is 371 g/mol. The van der Waals surface area contributed by atoms with Crippen LogP contribution >= 0.6 is 11.6 Å². The number of hydrogen-bond donors (Lipinski definition) is 0. The van der Waals surface area contributed by atoms with Crippen molar-refractivity contribution in [3.05, 3.63) is 64.7 Å². The van der Waals surface area contributed by atoms with Crippen molar-refractivity contribution in [2.75, 3.05) is 32.8 Å².